The summed E-state index contributed by atoms with van der Waals surface area (Å²) in [6.45, 7) is 1.70. The smallest absolute Gasteiger partial charge is 0.191 e. The van der Waals surface area contributed by atoms with E-state index in [4.69, 9.17) is 4.42 Å². The van der Waals surface area contributed by atoms with Crippen LogP contribution in [0.4, 0.5) is 0 Å². The highest BCUT2D eigenvalue weighted by atomic mass is 127. The number of aliphatic imine (C=N–C) groups is 1. The van der Waals surface area contributed by atoms with E-state index in [-0.39, 0.29) is 29.4 Å². The van der Waals surface area contributed by atoms with Crippen LogP contribution in [-0.2, 0) is 11.8 Å². The van der Waals surface area contributed by atoms with Gasteiger partial charge in [-0.05, 0) is 36.6 Å². The van der Waals surface area contributed by atoms with Crippen molar-refractivity contribution >= 4 is 45.9 Å². The van der Waals surface area contributed by atoms with E-state index in [1.807, 2.05) is 12.1 Å². The number of furan rings is 1. The van der Waals surface area contributed by atoms with Gasteiger partial charge < -0.3 is 15.1 Å². The number of rotatable bonds is 6. The van der Waals surface area contributed by atoms with Gasteiger partial charge in [0.25, 0.3) is 0 Å². The van der Waals surface area contributed by atoms with Crippen molar-refractivity contribution < 1.29 is 4.42 Å². The minimum Gasteiger partial charge on any atom is -0.469 e. The standard InChI is InChI=1S/C18H22BrN3O.HI/c1-20-17(21-11-8-14-5-4-12-23-14)22-13-18(9-10-18)15-6-2-3-7-16(15)19;/h2-7,12H,8-11,13H2,1H3,(H2,20,21,22);1H. The van der Waals surface area contributed by atoms with E-state index in [2.05, 4.69) is 55.8 Å². The summed E-state index contributed by atoms with van der Waals surface area (Å²) in [5, 5.41) is 6.81. The maximum Gasteiger partial charge on any atom is 0.191 e. The Hall–Kier alpha value is -1.02. The van der Waals surface area contributed by atoms with E-state index < -0.39 is 0 Å². The molecule has 3 rings (SSSR count). The van der Waals surface area contributed by atoms with Crippen molar-refractivity contribution in [3.8, 4) is 0 Å². The summed E-state index contributed by atoms with van der Waals surface area (Å²) in [6, 6.07) is 12.4. The van der Waals surface area contributed by atoms with Gasteiger partial charge in [0.15, 0.2) is 5.96 Å². The first kappa shape index (κ1) is 19.3. The van der Waals surface area contributed by atoms with Gasteiger partial charge in [0.1, 0.15) is 5.76 Å². The predicted octanol–water partition coefficient (Wildman–Crippen LogP) is 4.10. The van der Waals surface area contributed by atoms with E-state index in [0.717, 1.165) is 31.2 Å². The van der Waals surface area contributed by atoms with Crippen LogP contribution in [0.25, 0.3) is 0 Å². The summed E-state index contributed by atoms with van der Waals surface area (Å²) in [4.78, 5) is 4.31. The molecule has 1 saturated carbocycles. The van der Waals surface area contributed by atoms with Gasteiger partial charge in [-0.15, -0.1) is 24.0 Å². The Bertz CT molecular complexity index is 669. The quantitative estimate of drug-likeness (QED) is 0.354. The van der Waals surface area contributed by atoms with Crippen LogP contribution in [0.5, 0.6) is 0 Å². The van der Waals surface area contributed by atoms with Crippen LogP contribution in [0.3, 0.4) is 0 Å². The molecule has 1 fully saturated rings. The number of benzene rings is 1. The van der Waals surface area contributed by atoms with Crippen LogP contribution in [0.1, 0.15) is 24.2 Å². The SMILES string of the molecule is CN=C(NCCc1ccco1)NCC1(c2ccccc2Br)CC1.I. The van der Waals surface area contributed by atoms with Crippen LogP contribution in [0.2, 0.25) is 0 Å². The van der Waals surface area contributed by atoms with Gasteiger partial charge >= 0.3 is 0 Å². The molecular formula is C18H23BrIN3O. The van der Waals surface area contributed by atoms with Crippen molar-refractivity contribution in [1.82, 2.24) is 10.6 Å². The number of hydrogen-bond donors (Lipinski definition) is 2. The van der Waals surface area contributed by atoms with Gasteiger partial charge in [0, 0.05) is 36.4 Å². The Morgan fingerprint density at radius 2 is 2.00 bits per heavy atom. The molecule has 0 amide bonds. The Balaban J connectivity index is 0.00000208. The second-order valence-corrected chi connectivity index (χ2v) is 6.80. The lowest BCUT2D eigenvalue weighted by atomic mass is 9.96. The molecule has 1 aliphatic carbocycles. The normalized spacial score (nSPS) is 15.5. The zero-order chi connectivity index (χ0) is 16.1. The van der Waals surface area contributed by atoms with Crippen molar-refractivity contribution in [2.45, 2.75) is 24.7 Å². The van der Waals surface area contributed by atoms with E-state index in [1.165, 1.54) is 22.9 Å². The monoisotopic (exact) mass is 503 g/mol. The second kappa shape index (κ2) is 8.89. The van der Waals surface area contributed by atoms with E-state index in [0.29, 0.717) is 0 Å². The molecule has 2 N–H and O–H groups in total. The molecular weight excluding hydrogens is 481 g/mol. The molecule has 1 heterocycles. The first-order valence-electron chi connectivity index (χ1n) is 7.95. The van der Waals surface area contributed by atoms with Crippen molar-refractivity contribution in [1.29, 1.82) is 0 Å². The molecule has 1 aromatic carbocycles. The third-order valence-corrected chi connectivity index (χ3v) is 5.05. The zero-order valence-electron chi connectivity index (χ0n) is 13.7. The number of halogens is 2. The van der Waals surface area contributed by atoms with Crippen molar-refractivity contribution in [2.24, 2.45) is 4.99 Å². The van der Waals surface area contributed by atoms with Crippen molar-refractivity contribution in [3.05, 3.63) is 58.5 Å². The average Bonchev–Trinajstić information content (AvgIpc) is 3.17. The van der Waals surface area contributed by atoms with Crippen LogP contribution in [-0.4, -0.2) is 26.1 Å². The van der Waals surface area contributed by atoms with Gasteiger partial charge in [-0.2, -0.15) is 0 Å². The number of guanidine groups is 1. The lowest BCUT2D eigenvalue weighted by Gasteiger charge is -2.20. The largest absolute Gasteiger partial charge is 0.469 e. The fourth-order valence-corrected chi connectivity index (χ4v) is 3.52. The molecule has 0 atom stereocenters. The number of hydrogen-bond acceptors (Lipinski definition) is 2. The summed E-state index contributed by atoms with van der Waals surface area (Å²) in [5.41, 5.74) is 1.62. The fourth-order valence-electron chi connectivity index (χ4n) is 2.82. The Kier molecular flexibility index (Phi) is 7.16. The van der Waals surface area contributed by atoms with Gasteiger partial charge in [-0.3, -0.25) is 4.99 Å². The van der Waals surface area contributed by atoms with Crippen LogP contribution < -0.4 is 10.6 Å². The molecule has 0 aliphatic heterocycles. The molecule has 0 unspecified atom stereocenters. The van der Waals surface area contributed by atoms with Crippen LogP contribution in [0, 0.1) is 0 Å². The fraction of sp³-hybridized carbons (Fsp3) is 0.389. The molecule has 24 heavy (non-hydrogen) atoms. The number of nitrogens with zero attached hydrogens (tertiary/aromatic N) is 1. The Morgan fingerprint density at radius 3 is 2.62 bits per heavy atom. The minimum atomic E-state index is 0. The molecule has 0 saturated heterocycles. The third kappa shape index (κ3) is 4.75. The molecule has 0 bridgehead atoms. The van der Waals surface area contributed by atoms with E-state index in [1.54, 1.807) is 13.3 Å². The van der Waals surface area contributed by atoms with E-state index in [9.17, 15) is 0 Å². The Labute approximate surface area is 168 Å². The van der Waals surface area contributed by atoms with Crippen LogP contribution in [0.15, 0.2) is 56.5 Å². The van der Waals surface area contributed by atoms with E-state index >= 15 is 0 Å². The highest BCUT2D eigenvalue weighted by Gasteiger charge is 2.45. The first-order valence-corrected chi connectivity index (χ1v) is 8.75. The summed E-state index contributed by atoms with van der Waals surface area (Å²) in [5.74, 6) is 1.83. The van der Waals surface area contributed by atoms with Crippen LogP contribution >= 0.6 is 39.9 Å². The summed E-state index contributed by atoms with van der Waals surface area (Å²) >= 11 is 3.68. The summed E-state index contributed by atoms with van der Waals surface area (Å²) < 4.78 is 6.53. The molecule has 130 valence electrons. The predicted molar refractivity (Wildman–Crippen MR) is 112 cm³/mol. The molecule has 2 aromatic rings. The summed E-state index contributed by atoms with van der Waals surface area (Å²) in [7, 11) is 1.81. The molecule has 1 aromatic heterocycles. The average molecular weight is 504 g/mol. The molecule has 4 nitrogen and oxygen atoms in total. The highest BCUT2D eigenvalue weighted by Crippen LogP contribution is 2.49. The van der Waals surface area contributed by atoms with Gasteiger partial charge in [0.05, 0.1) is 6.26 Å². The molecule has 0 spiro atoms. The van der Waals surface area contributed by atoms with Crippen molar-refractivity contribution in [2.75, 3.05) is 20.1 Å². The lowest BCUT2D eigenvalue weighted by Crippen LogP contribution is -2.42. The third-order valence-electron chi connectivity index (χ3n) is 4.36. The minimum absolute atomic E-state index is 0. The topological polar surface area (TPSA) is 49.6 Å². The first-order chi connectivity index (χ1) is 11.2. The van der Waals surface area contributed by atoms with Gasteiger partial charge in [0.2, 0.25) is 0 Å². The van der Waals surface area contributed by atoms with Gasteiger partial charge in [-0.25, -0.2) is 0 Å². The molecule has 6 heteroatoms. The second-order valence-electron chi connectivity index (χ2n) is 5.94. The molecule has 0 radical (unpaired) electrons. The maximum absolute atomic E-state index is 5.34. The maximum atomic E-state index is 5.34. The molecule has 1 aliphatic rings. The van der Waals surface area contributed by atoms with Crippen molar-refractivity contribution in [3.63, 3.8) is 0 Å². The Morgan fingerprint density at radius 1 is 1.21 bits per heavy atom. The number of nitrogens with one attached hydrogen (secondary N) is 2. The van der Waals surface area contributed by atoms with Gasteiger partial charge in [-0.1, -0.05) is 34.1 Å². The lowest BCUT2D eigenvalue weighted by molar-refractivity contribution is 0.506. The highest BCUT2D eigenvalue weighted by molar-refractivity contribution is 14.0. The summed E-state index contributed by atoms with van der Waals surface area (Å²) in [6.07, 6.45) is 4.98. The zero-order valence-corrected chi connectivity index (χ0v) is 17.6.